The molecule has 0 amide bonds. The highest BCUT2D eigenvalue weighted by Crippen LogP contribution is 2.26. The number of methoxy groups -OCH3 is 1. The van der Waals surface area contributed by atoms with Crippen molar-refractivity contribution >= 4 is 0 Å². The Kier molecular flexibility index (Phi) is 2.94. The summed E-state index contributed by atoms with van der Waals surface area (Å²) in [7, 11) is 1.78. The second-order valence-corrected chi connectivity index (χ2v) is 3.17. The Morgan fingerprint density at radius 3 is 3.10 bits per heavy atom. The minimum atomic E-state index is 0.756. The van der Waals surface area contributed by atoms with Gasteiger partial charge in [-0.05, 0) is 31.6 Å². The third-order valence-electron chi connectivity index (χ3n) is 2.12. The molecule has 1 unspecified atom stereocenters. The van der Waals surface area contributed by atoms with Crippen LogP contribution in [0.15, 0.2) is 12.2 Å². The third-order valence-corrected chi connectivity index (χ3v) is 2.12. The summed E-state index contributed by atoms with van der Waals surface area (Å²) in [6.07, 6.45) is 5.06. The number of rotatable bonds is 2. The van der Waals surface area contributed by atoms with Gasteiger partial charge in [-0.2, -0.15) is 0 Å². The molecule has 0 aromatic rings. The predicted octanol–water partition coefficient (Wildman–Crippen LogP) is 2.38. The van der Waals surface area contributed by atoms with Gasteiger partial charge in [-0.1, -0.05) is 12.2 Å². The molecule has 10 heavy (non-hydrogen) atoms. The van der Waals surface area contributed by atoms with Crippen LogP contribution in [0.2, 0.25) is 0 Å². The molecule has 1 saturated carbocycles. The number of hydrogen-bond acceptors (Lipinski definition) is 1. The summed E-state index contributed by atoms with van der Waals surface area (Å²) in [6, 6.07) is 0. The Morgan fingerprint density at radius 2 is 2.50 bits per heavy atom. The Balaban J connectivity index is 2.25. The quantitative estimate of drug-likeness (QED) is 0.535. The maximum atomic E-state index is 5.09. The molecule has 1 nitrogen and oxygen atoms in total. The fourth-order valence-corrected chi connectivity index (χ4v) is 1.63. The summed E-state index contributed by atoms with van der Waals surface area (Å²) in [5.41, 5.74) is 1.41. The molecular formula is C9H16O. The lowest BCUT2D eigenvalue weighted by Crippen LogP contribution is -2.13. The van der Waals surface area contributed by atoms with Crippen molar-refractivity contribution in [3.8, 4) is 0 Å². The van der Waals surface area contributed by atoms with E-state index in [1.807, 2.05) is 0 Å². The smallest absolute Gasteiger partial charge is 0.0493 e. The molecule has 1 heteroatoms. The molecule has 0 N–H and O–H groups in total. The van der Waals surface area contributed by atoms with Crippen molar-refractivity contribution in [2.75, 3.05) is 13.7 Å². The van der Waals surface area contributed by atoms with Gasteiger partial charge in [-0.15, -0.1) is 0 Å². The molecule has 1 aliphatic rings. The van der Waals surface area contributed by atoms with Crippen molar-refractivity contribution in [3.05, 3.63) is 12.2 Å². The van der Waals surface area contributed by atoms with E-state index in [1.54, 1.807) is 7.11 Å². The van der Waals surface area contributed by atoms with Gasteiger partial charge >= 0.3 is 0 Å². The van der Waals surface area contributed by atoms with Crippen LogP contribution in [0.4, 0.5) is 0 Å². The Hall–Kier alpha value is -0.300. The molecule has 0 saturated heterocycles. The van der Waals surface area contributed by atoms with Gasteiger partial charge in [0.1, 0.15) is 0 Å². The van der Waals surface area contributed by atoms with E-state index < -0.39 is 0 Å². The lowest BCUT2D eigenvalue weighted by atomic mass is 9.87. The lowest BCUT2D eigenvalue weighted by Gasteiger charge is -2.22. The summed E-state index contributed by atoms with van der Waals surface area (Å²) in [5.74, 6) is 0.756. The molecule has 0 aromatic heterocycles. The van der Waals surface area contributed by atoms with E-state index in [0.29, 0.717) is 0 Å². The van der Waals surface area contributed by atoms with Gasteiger partial charge in [0.25, 0.3) is 0 Å². The molecule has 1 rings (SSSR count). The first-order valence-corrected chi connectivity index (χ1v) is 3.98. The van der Waals surface area contributed by atoms with E-state index in [-0.39, 0.29) is 0 Å². The van der Waals surface area contributed by atoms with Crippen molar-refractivity contribution in [1.82, 2.24) is 0 Å². The zero-order chi connectivity index (χ0) is 7.40. The van der Waals surface area contributed by atoms with E-state index in [2.05, 4.69) is 6.58 Å². The fraction of sp³-hybridized carbons (Fsp3) is 0.778. The van der Waals surface area contributed by atoms with E-state index in [9.17, 15) is 0 Å². The topological polar surface area (TPSA) is 9.23 Å². The lowest BCUT2D eigenvalue weighted by molar-refractivity contribution is 0.141. The number of ether oxygens (including phenoxy) is 1. The second kappa shape index (κ2) is 3.77. The van der Waals surface area contributed by atoms with Gasteiger partial charge in [-0.25, -0.2) is 0 Å². The van der Waals surface area contributed by atoms with Crippen LogP contribution in [0.5, 0.6) is 0 Å². The van der Waals surface area contributed by atoms with Crippen LogP contribution < -0.4 is 0 Å². The van der Waals surface area contributed by atoms with Crippen molar-refractivity contribution in [2.45, 2.75) is 25.7 Å². The molecule has 0 spiro atoms. The van der Waals surface area contributed by atoms with Crippen LogP contribution in [0.1, 0.15) is 25.7 Å². The molecule has 0 radical (unpaired) electrons. The maximum Gasteiger partial charge on any atom is 0.0493 e. The van der Waals surface area contributed by atoms with Crippen LogP contribution >= 0.6 is 0 Å². The minimum absolute atomic E-state index is 0.756. The van der Waals surface area contributed by atoms with Crippen molar-refractivity contribution in [3.63, 3.8) is 0 Å². The van der Waals surface area contributed by atoms with Gasteiger partial charge < -0.3 is 4.74 Å². The summed E-state index contributed by atoms with van der Waals surface area (Å²) in [5, 5.41) is 0. The standard InChI is InChI=1S/C9H16O/c1-8-4-3-5-9(6-8)7-10-2/h9H,1,3-7H2,2H3. The zero-order valence-electron chi connectivity index (χ0n) is 6.73. The van der Waals surface area contributed by atoms with Crippen LogP contribution in [-0.2, 0) is 4.74 Å². The summed E-state index contributed by atoms with van der Waals surface area (Å²) in [6.45, 7) is 4.91. The van der Waals surface area contributed by atoms with Crippen LogP contribution in [0.25, 0.3) is 0 Å². The van der Waals surface area contributed by atoms with Crippen LogP contribution in [0.3, 0.4) is 0 Å². The van der Waals surface area contributed by atoms with Crippen molar-refractivity contribution in [1.29, 1.82) is 0 Å². The Labute approximate surface area is 63.1 Å². The first-order chi connectivity index (χ1) is 4.83. The average molecular weight is 140 g/mol. The Bertz CT molecular complexity index is 116. The highest BCUT2D eigenvalue weighted by molar-refractivity contribution is 4.98. The molecule has 0 aliphatic heterocycles. The predicted molar refractivity (Wildman–Crippen MR) is 43.0 cm³/mol. The maximum absolute atomic E-state index is 5.09. The molecule has 58 valence electrons. The molecule has 1 atom stereocenters. The first-order valence-electron chi connectivity index (χ1n) is 3.98. The van der Waals surface area contributed by atoms with Crippen LogP contribution in [0, 0.1) is 5.92 Å². The van der Waals surface area contributed by atoms with Crippen molar-refractivity contribution < 1.29 is 4.74 Å². The highest BCUT2D eigenvalue weighted by Gasteiger charge is 2.14. The average Bonchev–Trinajstić information content (AvgIpc) is 1.88. The normalized spacial score (nSPS) is 26.9. The second-order valence-electron chi connectivity index (χ2n) is 3.17. The van der Waals surface area contributed by atoms with E-state index in [1.165, 1.54) is 31.3 Å². The SMILES string of the molecule is C=C1CCCC(COC)C1. The van der Waals surface area contributed by atoms with E-state index in [0.717, 1.165) is 12.5 Å². The summed E-state index contributed by atoms with van der Waals surface area (Å²) in [4.78, 5) is 0. The fourth-order valence-electron chi connectivity index (χ4n) is 1.63. The van der Waals surface area contributed by atoms with E-state index >= 15 is 0 Å². The van der Waals surface area contributed by atoms with Crippen molar-refractivity contribution in [2.24, 2.45) is 5.92 Å². The minimum Gasteiger partial charge on any atom is -0.384 e. The number of allylic oxidation sites excluding steroid dienone is 1. The molecule has 0 aromatic carbocycles. The zero-order valence-corrected chi connectivity index (χ0v) is 6.73. The van der Waals surface area contributed by atoms with Gasteiger partial charge in [0.15, 0.2) is 0 Å². The molecule has 1 aliphatic carbocycles. The molecule has 0 heterocycles. The third kappa shape index (κ3) is 2.14. The Morgan fingerprint density at radius 1 is 1.70 bits per heavy atom. The number of hydrogen-bond donors (Lipinski definition) is 0. The van der Waals surface area contributed by atoms with Gasteiger partial charge in [-0.3, -0.25) is 0 Å². The molecular weight excluding hydrogens is 124 g/mol. The first kappa shape index (κ1) is 7.80. The van der Waals surface area contributed by atoms with Gasteiger partial charge in [0, 0.05) is 13.7 Å². The monoisotopic (exact) mass is 140 g/mol. The van der Waals surface area contributed by atoms with Gasteiger partial charge in [0.05, 0.1) is 0 Å². The molecule has 1 fully saturated rings. The van der Waals surface area contributed by atoms with Gasteiger partial charge in [0.2, 0.25) is 0 Å². The highest BCUT2D eigenvalue weighted by atomic mass is 16.5. The largest absolute Gasteiger partial charge is 0.384 e. The molecule has 0 bridgehead atoms. The van der Waals surface area contributed by atoms with Crippen LogP contribution in [-0.4, -0.2) is 13.7 Å². The van der Waals surface area contributed by atoms with E-state index in [4.69, 9.17) is 4.74 Å². The summed E-state index contributed by atoms with van der Waals surface area (Å²) >= 11 is 0. The summed E-state index contributed by atoms with van der Waals surface area (Å²) < 4.78 is 5.09.